The summed E-state index contributed by atoms with van der Waals surface area (Å²) in [5.41, 5.74) is 5.10. The van der Waals surface area contributed by atoms with Crippen LogP contribution in [-0.4, -0.2) is 21.6 Å². The second-order valence-corrected chi connectivity index (χ2v) is 6.28. The molecule has 1 aromatic rings. The summed E-state index contributed by atoms with van der Waals surface area (Å²) in [4.78, 5) is 12.0. The van der Waals surface area contributed by atoms with Gasteiger partial charge in [0.05, 0.1) is 5.54 Å². The largest absolute Gasteiger partial charge is 0.318 e. The fraction of sp³-hybridized carbons (Fsp3) is 0.750. The fourth-order valence-corrected chi connectivity index (χ4v) is 2.56. The number of anilines is 1. The highest BCUT2D eigenvalue weighted by atomic mass is 32.1. The second-order valence-electron chi connectivity index (χ2n) is 5.22. The van der Waals surface area contributed by atoms with Crippen molar-refractivity contribution in [3.63, 3.8) is 0 Å². The smallest absolute Gasteiger partial charge is 0.245 e. The number of aromatic nitrogens is 2. The Morgan fingerprint density at radius 1 is 1.50 bits per heavy atom. The van der Waals surface area contributed by atoms with Crippen LogP contribution >= 0.6 is 11.3 Å². The van der Waals surface area contributed by atoms with Crippen molar-refractivity contribution in [3.05, 3.63) is 5.01 Å². The number of rotatable bonds is 6. The van der Waals surface area contributed by atoms with E-state index in [1.165, 1.54) is 11.3 Å². The van der Waals surface area contributed by atoms with E-state index >= 15 is 0 Å². The van der Waals surface area contributed by atoms with E-state index in [4.69, 9.17) is 5.73 Å². The number of amides is 1. The third-order valence-corrected chi connectivity index (χ3v) is 3.42. The molecule has 1 amide bonds. The molecule has 1 unspecified atom stereocenters. The quantitative estimate of drug-likeness (QED) is 0.830. The van der Waals surface area contributed by atoms with Crippen molar-refractivity contribution in [2.45, 2.75) is 52.5 Å². The van der Waals surface area contributed by atoms with Gasteiger partial charge in [0.25, 0.3) is 0 Å². The van der Waals surface area contributed by atoms with E-state index in [1.807, 2.05) is 6.92 Å². The van der Waals surface area contributed by atoms with E-state index in [-0.39, 0.29) is 5.91 Å². The summed E-state index contributed by atoms with van der Waals surface area (Å²) in [6.07, 6.45) is 2.40. The van der Waals surface area contributed by atoms with Gasteiger partial charge in [-0.05, 0) is 19.3 Å². The van der Waals surface area contributed by atoms with Crippen molar-refractivity contribution >= 4 is 22.4 Å². The van der Waals surface area contributed by atoms with Gasteiger partial charge in [-0.25, -0.2) is 0 Å². The Bertz CT molecular complexity index is 401. The van der Waals surface area contributed by atoms with E-state index < -0.39 is 5.54 Å². The van der Waals surface area contributed by atoms with Crippen molar-refractivity contribution in [1.29, 1.82) is 0 Å². The molecule has 18 heavy (non-hydrogen) atoms. The maximum Gasteiger partial charge on any atom is 0.245 e. The average Bonchev–Trinajstić information content (AvgIpc) is 2.64. The summed E-state index contributed by atoms with van der Waals surface area (Å²) in [6, 6.07) is 0. The van der Waals surface area contributed by atoms with Gasteiger partial charge in [0.15, 0.2) is 0 Å². The lowest BCUT2D eigenvalue weighted by Gasteiger charge is -2.21. The number of nitrogens with zero attached hydrogens (tertiary/aromatic N) is 2. The summed E-state index contributed by atoms with van der Waals surface area (Å²) in [5, 5.41) is 12.2. The zero-order chi connectivity index (χ0) is 13.8. The van der Waals surface area contributed by atoms with E-state index in [1.54, 1.807) is 6.92 Å². The second kappa shape index (κ2) is 6.24. The number of nitrogens with two attached hydrogens (primary N) is 1. The van der Waals surface area contributed by atoms with Gasteiger partial charge in [0.2, 0.25) is 11.0 Å². The highest BCUT2D eigenvalue weighted by Crippen LogP contribution is 2.20. The number of carbonyl (C=O) groups is 1. The minimum Gasteiger partial charge on any atom is -0.318 e. The summed E-state index contributed by atoms with van der Waals surface area (Å²) in [6.45, 7) is 7.99. The minimum absolute atomic E-state index is 0.198. The van der Waals surface area contributed by atoms with Crippen LogP contribution < -0.4 is 11.1 Å². The maximum atomic E-state index is 12.0. The molecule has 0 bridgehead atoms. The van der Waals surface area contributed by atoms with E-state index in [2.05, 4.69) is 29.4 Å². The van der Waals surface area contributed by atoms with Crippen molar-refractivity contribution in [2.24, 2.45) is 11.7 Å². The van der Waals surface area contributed by atoms with Crippen LogP contribution in [0.25, 0.3) is 0 Å². The molecule has 0 radical (unpaired) electrons. The number of carbonyl (C=O) groups excluding carboxylic acids is 1. The van der Waals surface area contributed by atoms with Gasteiger partial charge in [-0.15, -0.1) is 10.2 Å². The molecule has 0 aliphatic carbocycles. The van der Waals surface area contributed by atoms with Crippen molar-refractivity contribution in [3.8, 4) is 0 Å². The van der Waals surface area contributed by atoms with Crippen LogP contribution in [0.1, 0.15) is 45.5 Å². The van der Waals surface area contributed by atoms with Gasteiger partial charge in [0.1, 0.15) is 5.01 Å². The van der Waals surface area contributed by atoms with E-state index in [0.29, 0.717) is 17.5 Å². The highest BCUT2D eigenvalue weighted by Gasteiger charge is 2.28. The van der Waals surface area contributed by atoms with Crippen LogP contribution in [0.4, 0.5) is 5.13 Å². The lowest BCUT2D eigenvalue weighted by atomic mass is 9.97. The van der Waals surface area contributed by atoms with Crippen LogP contribution in [0.15, 0.2) is 0 Å². The van der Waals surface area contributed by atoms with E-state index in [0.717, 1.165) is 17.8 Å². The molecule has 1 atom stereocenters. The van der Waals surface area contributed by atoms with E-state index in [9.17, 15) is 4.79 Å². The fourth-order valence-electron chi connectivity index (χ4n) is 1.61. The predicted molar refractivity (Wildman–Crippen MR) is 74.6 cm³/mol. The Labute approximate surface area is 112 Å². The molecule has 5 nitrogen and oxygen atoms in total. The summed E-state index contributed by atoms with van der Waals surface area (Å²) < 4.78 is 0. The Morgan fingerprint density at radius 2 is 2.17 bits per heavy atom. The molecular formula is C12H22N4OS. The number of hydrogen-bond donors (Lipinski definition) is 2. The monoisotopic (exact) mass is 270 g/mol. The topological polar surface area (TPSA) is 80.9 Å². The molecular weight excluding hydrogens is 248 g/mol. The van der Waals surface area contributed by atoms with Crippen molar-refractivity contribution < 1.29 is 4.79 Å². The third-order valence-electron chi connectivity index (χ3n) is 2.56. The molecule has 1 aromatic heterocycles. The highest BCUT2D eigenvalue weighted by molar-refractivity contribution is 7.15. The van der Waals surface area contributed by atoms with Crippen LogP contribution in [0, 0.1) is 5.92 Å². The standard InChI is InChI=1S/C12H22N4OS/c1-5-6-12(4,13)10(17)14-11-16-15-9(18-11)7-8(2)3/h8H,5-7,13H2,1-4H3,(H,14,16,17). The molecule has 0 fully saturated rings. The van der Waals surface area contributed by atoms with Gasteiger partial charge >= 0.3 is 0 Å². The molecule has 0 saturated carbocycles. The Balaban J connectivity index is 2.62. The molecule has 1 rings (SSSR count). The lowest BCUT2D eigenvalue weighted by molar-refractivity contribution is -0.120. The number of hydrogen-bond acceptors (Lipinski definition) is 5. The predicted octanol–water partition coefficient (Wildman–Crippen LogP) is 2.19. The first-order valence-electron chi connectivity index (χ1n) is 6.28. The first-order valence-corrected chi connectivity index (χ1v) is 7.09. The Morgan fingerprint density at radius 3 is 2.72 bits per heavy atom. The average molecular weight is 270 g/mol. The third kappa shape index (κ3) is 4.34. The van der Waals surface area contributed by atoms with Gasteiger partial charge in [-0.3, -0.25) is 10.1 Å². The molecule has 0 saturated heterocycles. The van der Waals surface area contributed by atoms with Gasteiger partial charge < -0.3 is 5.73 Å². The van der Waals surface area contributed by atoms with Crippen LogP contribution in [0.3, 0.4) is 0 Å². The SMILES string of the molecule is CCCC(C)(N)C(=O)Nc1nnc(CC(C)C)s1. The molecule has 0 aliphatic heterocycles. The Kier molecular flexibility index (Phi) is 5.22. The van der Waals surface area contributed by atoms with Crippen LogP contribution in [0.5, 0.6) is 0 Å². The molecule has 3 N–H and O–H groups in total. The molecule has 0 spiro atoms. The lowest BCUT2D eigenvalue weighted by Crippen LogP contribution is -2.48. The summed E-state index contributed by atoms with van der Waals surface area (Å²) in [7, 11) is 0. The maximum absolute atomic E-state index is 12.0. The Hall–Kier alpha value is -1.01. The van der Waals surface area contributed by atoms with Crippen LogP contribution in [-0.2, 0) is 11.2 Å². The molecule has 1 heterocycles. The van der Waals surface area contributed by atoms with Crippen molar-refractivity contribution in [1.82, 2.24) is 10.2 Å². The first-order chi connectivity index (χ1) is 8.35. The van der Waals surface area contributed by atoms with Gasteiger partial charge in [-0.2, -0.15) is 0 Å². The van der Waals surface area contributed by atoms with Crippen molar-refractivity contribution in [2.75, 3.05) is 5.32 Å². The van der Waals surface area contributed by atoms with Gasteiger partial charge in [0, 0.05) is 6.42 Å². The number of nitrogens with one attached hydrogen (secondary N) is 1. The van der Waals surface area contributed by atoms with Crippen LogP contribution in [0.2, 0.25) is 0 Å². The summed E-state index contributed by atoms with van der Waals surface area (Å²) in [5.74, 6) is 0.331. The molecule has 102 valence electrons. The molecule has 6 heteroatoms. The summed E-state index contributed by atoms with van der Waals surface area (Å²) >= 11 is 1.41. The first kappa shape index (κ1) is 15.0. The molecule has 0 aromatic carbocycles. The minimum atomic E-state index is -0.849. The zero-order valence-corrected chi connectivity index (χ0v) is 12.3. The normalized spacial score (nSPS) is 14.6. The zero-order valence-electron chi connectivity index (χ0n) is 11.5. The molecule has 0 aliphatic rings. The van der Waals surface area contributed by atoms with Gasteiger partial charge in [-0.1, -0.05) is 38.5 Å².